The zero-order valence-electron chi connectivity index (χ0n) is 19.7. The highest BCUT2D eigenvalue weighted by molar-refractivity contribution is 7.88. The van der Waals surface area contributed by atoms with Gasteiger partial charge in [-0.2, -0.15) is 4.31 Å². The fourth-order valence-electron chi connectivity index (χ4n) is 4.35. The molecule has 2 N–H and O–H groups in total. The molecular formula is C21H26N8O5S2. The van der Waals surface area contributed by atoms with Crippen molar-refractivity contribution in [3.63, 3.8) is 0 Å². The van der Waals surface area contributed by atoms with E-state index < -0.39 is 14.9 Å². The molecule has 0 aromatic carbocycles. The van der Waals surface area contributed by atoms with E-state index in [1.807, 2.05) is 0 Å². The molecule has 0 radical (unpaired) electrons. The largest absolute Gasteiger partial charge is 0.378 e. The number of nitrogen functional groups attached to an aromatic ring is 1. The van der Waals surface area contributed by atoms with Gasteiger partial charge in [-0.15, -0.1) is 11.3 Å². The van der Waals surface area contributed by atoms with Crippen LogP contribution in [0.25, 0.3) is 21.6 Å². The minimum absolute atomic E-state index is 0.160. The molecule has 13 nitrogen and oxygen atoms in total. The molecule has 0 bridgehead atoms. The maximum Gasteiger partial charge on any atom is 0.311 e. The van der Waals surface area contributed by atoms with Crippen LogP contribution in [0.5, 0.6) is 0 Å². The van der Waals surface area contributed by atoms with Gasteiger partial charge in [-0.25, -0.2) is 23.4 Å². The maximum absolute atomic E-state index is 11.8. The van der Waals surface area contributed by atoms with E-state index in [9.17, 15) is 18.5 Å². The zero-order valence-corrected chi connectivity index (χ0v) is 21.3. The number of fused-ring (bicyclic) bond motifs is 1. The smallest absolute Gasteiger partial charge is 0.311 e. The average molecular weight is 535 g/mol. The van der Waals surface area contributed by atoms with Gasteiger partial charge in [0, 0.05) is 68.5 Å². The van der Waals surface area contributed by atoms with Crippen molar-refractivity contribution in [3.8, 4) is 11.4 Å². The Morgan fingerprint density at radius 1 is 1.14 bits per heavy atom. The summed E-state index contributed by atoms with van der Waals surface area (Å²) in [6.45, 7) is 5.41. The summed E-state index contributed by atoms with van der Waals surface area (Å²) in [4.78, 5) is 30.5. The van der Waals surface area contributed by atoms with Gasteiger partial charge in [-0.1, -0.05) is 0 Å². The molecule has 0 spiro atoms. The van der Waals surface area contributed by atoms with Gasteiger partial charge in [0.2, 0.25) is 15.8 Å². The zero-order chi connectivity index (χ0) is 25.4. The summed E-state index contributed by atoms with van der Waals surface area (Å²) in [6.07, 6.45) is 2.69. The predicted molar refractivity (Wildman–Crippen MR) is 136 cm³/mol. The Balaban J connectivity index is 1.49. The van der Waals surface area contributed by atoms with Crippen molar-refractivity contribution in [1.82, 2.24) is 24.2 Å². The molecule has 2 saturated heterocycles. The van der Waals surface area contributed by atoms with Crippen molar-refractivity contribution in [3.05, 3.63) is 33.3 Å². The number of aromatic nitrogens is 3. The number of sulfonamides is 1. The molecule has 192 valence electrons. The topological polar surface area (TPSA) is 161 Å². The molecule has 5 rings (SSSR count). The lowest BCUT2D eigenvalue weighted by Crippen LogP contribution is -2.47. The molecule has 0 atom stereocenters. The number of piperazine rings is 1. The predicted octanol–water partition coefficient (Wildman–Crippen LogP) is 1.16. The molecule has 0 unspecified atom stereocenters. The number of hydrogen-bond donors (Lipinski definition) is 1. The Kier molecular flexibility index (Phi) is 6.74. The van der Waals surface area contributed by atoms with E-state index in [-0.39, 0.29) is 11.5 Å². The first kappa shape index (κ1) is 24.7. The van der Waals surface area contributed by atoms with Crippen LogP contribution in [0.15, 0.2) is 18.3 Å². The van der Waals surface area contributed by atoms with Crippen LogP contribution in [0.4, 0.5) is 17.3 Å². The lowest BCUT2D eigenvalue weighted by atomic mass is 10.2. The summed E-state index contributed by atoms with van der Waals surface area (Å²) in [5, 5.41) is 12.3. The Morgan fingerprint density at radius 3 is 2.53 bits per heavy atom. The van der Waals surface area contributed by atoms with Crippen LogP contribution in [0.3, 0.4) is 0 Å². The first-order valence-corrected chi connectivity index (χ1v) is 14.1. The second-order valence-corrected chi connectivity index (χ2v) is 11.8. The monoisotopic (exact) mass is 534 g/mol. The number of pyridine rings is 1. The van der Waals surface area contributed by atoms with Crippen molar-refractivity contribution >= 4 is 48.9 Å². The van der Waals surface area contributed by atoms with E-state index in [1.165, 1.54) is 34.2 Å². The van der Waals surface area contributed by atoms with Gasteiger partial charge in [0.1, 0.15) is 10.6 Å². The second-order valence-electron chi connectivity index (χ2n) is 8.73. The molecular weight excluding hydrogens is 508 g/mol. The fourth-order valence-corrected chi connectivity index (χ4v) is 6.24. The van der Waals surface area contributed by atoms with Crippen LogP contribution >= 0.6 is 11.3 Å². The third kappa shape index (κ3) is 5.10. The first-order valence-electron chi connectivity index (χ1n) is 11.4. The third-order valence-corrected chi connectivity index (χ3v) is 8.58. The molecule has 5 heterocycles. The van der Waals surface area contributed by atoms with Gasteiger partial charge >= 0.3 is 5.69 Å². The number of nitro groups is 1. The van der Waals surface area contributed by atoms with Crippen molar-refractivity contribution < 1.29 is 18.1 Å². The standard InChI is InChI=1S/C21H26N8O5S2/c1-36(32,33)28-4-2-26(3-5-28)13-15-11-16-20(27-6-8-34-9-7-27)24-19(25-21(16)35-15)14-10-17(29(30)31)18(22)23-12-14/h10-12H,2-9,13H2,1H3,(H2,22,23). The fraction of sp³-hybridized carbons (Fsp3) is 0.476. The van der Waals surface area contributed by atoms with Crippen molar-refractivity contribution in [2.24, 2.45) is 0 Å². The Morgan fingerprint density at radius 2 is 1.86 bits per heavy atom. The van der Waals surface area contributed by atoms with Crippen molar-refractivity contribution in [2.45, 2.75) is 6.54 Å². The maximum atomic E-state index is 11.8. The number of rotatable bonds is 6. The van der Waals surface area contributed by atoms with Crippen LogP contribution in [0.1, 0.15) is 4.88 Å². The van der Waals surface area contributed by atoms with Crippen molar-refractivity contribution in [1.29, 1.82) is 0 Å². The second kappa shape index (κ2) is 9.82. The molecule has 3 aromatic heterocycles. The highest BCUT2D eigenvalue weighted by atomic mass is 32.2. The molecule has 15 heteroatoms. The summed E-state index contributed by atoms with van der Waals surface area (Å²) in [6, 6.07) is 3.43. The van der Waals surface area contributed by atoms with Gasteiger partial charge < -0.3 is 15.4 Å². The molecule has 0 aliphatic carbocycles. The Bertz CT molecular complexity index is 1400. The minimum Gasteiger partial charge on any atom is -0.378 e. The lowest BCUT2D eigenvalue weighted by molar-refractivity contribution is -0.384. The number of nitrogens with two attached hydrogens (primary N) is 1. The molecule has 0 amide bonds. The first-order chi connectivity index (χ1) is 17.2. The molecule has 2 aliphatic heterocycles. The van der Waals surface area contributed by atoms with E-state index in [0.29, 0.717) is 70.4 Å². The highest BCUT2D eigenvalue weighted by Crippen LogP contribution is 2.35. The normalized spacial score (nSPS) is 18.1. The lowest BCUT2D eigenvalue weighted by Gasteiger charge is -2.32. The number of thiophene rings is 1. The average Bonchev–Trinajstić information content (AvgIpc) is 3.26. The number of anilines is 2. The third-order valence-electron chi connectivity index (χ3n) is 6.27. The summed E-state index contributed by atoms with van der Waals surface area (Å²) < 4.78 is 30.6. The highest BCUT2D eigenvalue weighted by Gasteiger charge is 2.25. The summed E-state index contributed by atoms with van der Waals surface area (Å²) >= 11 is 1.54. The van der Waals surface area contributed by atoms with Crippen LogP contribution in [0.2, 0.25) is 0 Å². The molecule has 36 heavy (non-hydrogen) atoms. The summed E-state index contributed by atoms with van der Waals surface area (Å²) in [7, 11) is -3.18. The van der Waals surface area contributed by atoms with Crippen LogP contribution in [-0.4, -0.2) is 96.2 Å². The van der Waals surface area contributed by atoms with Gasteiger partial charge in [-0.05, 0) is 6.07 Å². The number of ether oxygens (including phenoxy) is 1. The number of morpholine rings is 1. The van der Waals surface area contributed by atoms with Crippen molar-refractivity contribution in [2.75, 3.05) is 69.4 Å². The summed E-state index contributed by atoms with van der Waals surface area (Å²) in [5.74, 6) is 0.935. The number of nitrogens with zero attached hydrogens (tertiary/aromatic N) is 7. The van der Waals surface area contributed by atoms with Crippen LogP contribution < -0.4 is 10.6 Å². The molecule has 3 aromatic rings. The van der Waals surface area contributed by atoms with Crippen LogP contribution in [-0.2, 0) is 21.3 Å². The quantitative estimate of drug-likeness (QED) is 0.357. The minimum atomic E-state index is -3.18. The van der Waals surface area contributed by atoms with Gasteiger partial charge in [0.05, 0.1) is 29.8 Å². The molecule has 2 aliphatic rings. The van der Waals surface area contributed by atoms with Gasteiger partial charge in [0.25, 0.3) is 0 Å². The Labute approximate surface area is 211 Å². The van der Waals surface area contributed by atoms with E-state index in [4.69, 9.17) is 20.4 Å². The van der Waals surface area contributed by atoms with E-state index in [2.05, 4.69) is 20.9 Å². The van der Waals surface area contributed by atoms with Gasteiger partial charge in [0.15, 0.2) is 5.82 Å². The Hall–Kier alpha value is -2.98. The van der Waals surface area contributed by atoms with E-state index in [0.717, 1.165) is 20.9 Å². The number of hydrogen-bond acceptors (Lipinski definition) is 12. The summed E-state index contributed by atoms with van der Waals surface area (Å²) in [5.41, 5.74) is 5.80. The van der Waals surface area contributed by atoms with Crippen LogP contribution in [0, 0.1) is 10.1 Å². The van der Waals surface area contributed by atoms with E-state index in [1.54, 1.807) is 0 Å². The molecule has 0 saturated carbocycles. The van der Waals surface area contributed by atoms with Gasteiger partial charge in [-0.3, -0.25) is 15.0 Å². The SMILES string of the molecule is CS(=O)(=O)N1CCN(Cc2cc3c(N4CCOCC4)nc(-c4cnc(N)c([N+](=O)[O-])c4)nc3s2)CC1. The van der Waals surface area contributed by atoms with E-state index >= 15 is 0 Å². The molecule has 2 fully saturated rings.